The molecule has 22 heavy (non-hydrogen) atoms. The van der Waals surface area contributed by atoms with Crippen molar-refractivity contribution in [3.05, 3.63) is 40.3 Å². The van der Waals surface area contributed by atoms with Crippen LogP contribution >= 0.6 is 11.3 Å². The van der Waals surface area contributed by atoms with E-state index < -0.39 is 0 Å². The van der Waals surface area contributed by atoms with Gasteiger partial charge in [0.15, 0.2) is 0 Å². The number of amides is 1. The highest BCUT2D eigenvalue weighted by molar-refractivity contribution is 7.07. The van der Waals surface area contributed by atoms with Crippen LogP contribution in [0.2, 0.25) is 0 Å². The third-order valence-electron chi connectivity index (χ3n) is 3.77. The van der Waals surface area contributed by atoms with Crippen molar-refractivity contribution in [2.24, 2.45) is 0 Å². The zero-order valence-electron chi connectivity index (χ0n) is 13.4. The Balaban J connectivity index is 1.66. The van der Waals surface area contributed by atoms with Crippen LogP contribution in [0.3, 0.4) is 0 Å². The fourth-order valence-electron chi connectivity index (χ4n) is 2.15. The van der Waals surface area contributed by atoms with Crippen molar-refractivity contribution in [3.63, 3.8) is 0 Å². The molecular weight excluding hydrogens is 296 g/mol. The first kappa shape index (κ1) is 16.7. The largest absolute Gasteiger partial charge is 0.355 e. The molecular formula is C16H24N4OS. The molecule has 0 saturated heterocycles. The van der Waals surface area contributed by atoms with Crippen molar-refractivity contribution in [1.82, 2.24) is 20.4 Å². The van der Waals surface area contributed by atoms with Gasteiger partial charge in [0.25, 0.3) is 0 Å². The highest BCUT2D eigenvalue weighted by Crippen LogP contribution is 2.10. The van der Waals surface area contributed by atoms with Gasteiger partial charge in [-0.3, -0.25) is 9.48 Å². The van der Waals surface area contributed by atoms with Gasteiger partial charge in [0.1, 0.15) is 0 Å². The van der Waals surface area contributed by atoms with E-state index in [0.717, 1.165) is 12.0 Å². The van der Waals surface area contributed by atoms with Gasteiger partial charge in [0.2, 0.25) is 5.91 Å². The van der Waals surface area contributed by atoms with Crippen LogP contribution in [-0.2, 0) is 11.2 Å². The molecule has 2 N–H and O–H groups in total. The minimum Gasteiger partial charge on any atom is -0.355 e. The maximum Gasteiger partial charge on any atom is 0.233 e. The number of carbonyl (C=O) groups is 1. The molecule has 0 bridgehead atoms. The van der Waals surface area contributed by atoms with E-state index >= 15 is 0 Å². The summed E-state index contributed by atoms with van der Waals surface area (Å²) in [6, 6.07) is 2.46. The molecule has 0 saturated carbocycles. The van der Waals surface area contributed by atoms with Crippen molar-refractivity contribution in [1.29, 1.82) is 0 Å². The van der Waals surface area contributed by atoms with Crippen LogP contribution in [0, 0.1) is 6.92 Å². The fourth-order valence-corrected chi connectivity index (χ4v) is 2.86. The molecule has 0 aliphatic heterocycles. The third kappa shape index (κ3) is 4.96. The van der Waals surface area contributed by atoms with Crippen molar-refractivity contribution >= 4 is 17.2 Å². The summed E-state index contributed by atoms with van der Waals surface area (Å²) in [6.07, 6.45) is 4.75. The van der Waals surface area contributed by atoms with Gasteiger partial charge in [-0.25, -0.2) is 0 Å². The average Bonchev–Trinajstić information content (AvgIpc) is 3.15. The van der Waals surface area contributed by atoms with E-state index in [4.69, 9.17) is 0 Å². The molecule has 0 aromatic carbocycles. The molecule has 6 heteroatoms. The van der Waals surface area contributed by atoms with Gasteiger partial charge in [-0.2, -0.15) is 16.4 Å². The molecule has 0 aliphatic carbocycles. The Morgan fingerprint density at radius 1 is 1.45 bits per heavy atom. The normalized spacial score (nSPS) is 13.8. The molecule has 2 unspecified atom stereocenters. The lowest BCUT2D eigenvalue weighted by Crippen LogP contribution is -2.41. The van der Waals surface area contributed by atoms with Crippen molar-refractivity contribution in [3.8, 4) is 0 Å². The second-order valence-electron chi connectivity index (χ2n) is 5.64. The number of rotatable bonds is 8. The van der Waals surface area contributed by atoms with Crippen molar-refractivity contribution in [2.45, 2.75) is 39.3 Å². The molecule has 2 aromatic heterocycles. The lowest BCUT2D eigenvalue weighted by molar-refractivity contribution is -0.120. The van der Waals surface area contributed by atoms with Crippen molar-refractivity contribution in [2.75, 3.05) is 13.1 Å². The predicted molar refractivity (Wildman–Crippen MR) is 90.2 cm³/mol. The Morgan fingerprint density at radius 2 is 2.27 bits per heavy atom. The Morgan fingerprint density at radius 3 is 2.91 bits per heavy atom. The highest BCUT2D eigenvalue weighted by atomic mass is 32.1. The minimum atomic E-state index is 0.0333. The van der Waals surface area contributed by atoms with Gasteiger partial charge in [-0.1, -0.05) is 0 Å². The van der Waals surface area contributed by atoms with Crippen LogP contribution in [-0.4, -0.2) is 34.8 Å². The van der Waals surface area contributed by atoms with E-state index in [1.54, 1.807) is 11.3 Å². The Bertz CT molecular complexity index is 579. The summed E-state index contributed by atoms with van der Waals surface area (Å²) in [4.78, 5) is 11.8. The number of nitrogens with one attached hydrogen (secondary N) is 2. The number of carbonyl (C=O) groups excluding carboxylic acids is 1. The first-order valence-corrected chi connectivity index (χ1v) is 8.52. The van der Waals surface area contributed by atoms with Crippen LogP contribution in [0.5, 0.6) is 0 Å². The summed E-state index contributed by atoms with van der Waals surface area (Å²) in [7, 11) is 0. The molecule has 120 valence electrons. The van der Waals surface area contributed by atoms with Crippen LogP contribution in [0.1, 0.15) is 31.0 Å². The fraction of sp³-hybridized carbons (Fsp3) is 0.500. The van der Waals surface area contributed by atoms with Crippen LogP contribution in [0.25, 0.3) is 0 Å². The lowest BCUT2D eigenvalue weighted by atomic mass is 10.1. The minimum absolute atomic E-state index is 0.0333. The summed E-state index contributed by atoms with van der Waals surface area (Å²) in [5, 5.41) is 14.7. The SMILES string of the molecule is Cc1cnn(C(C)C(C)NCC(=O)NCCc2ccsc2)c1. The Kier molecular flexibility index (Phi) is 6.15. The van der Waals surface area contributed by atoms with Gasteiger partial charge in [0.05, 0.1) is 18.8 Å². The molecule has 1 amide bonds. The summed E-state index contributed by atoms with van der Waals surface area (Å²) in [5.74, 6) is 0.0333. The smallest absolute Gasteiger partial charge is 0.233 e. The van der Waals surface area contributed by atoms with E-state index in [-0.39, 0.29) is 18.0 Å². The Hall–Kier alpha value is -1.66. The predicted octanol–water partition coefficient (Wildman–Crippen LogP) is 2.15. The molecule has 2 rings (SSSR count). The van der Waals surface area contributed by atoms with Gasteiger partial charge in [0, 0.05) is 18.8 Å². The summed E-state index contributed by atoms with van der Waals surface area (Å²) in [6.45, 7) is 7.20. The maximum atomic E-state index is 11.8. The first-order valence-electron chi connectivity index (χ1n) is 7.58. The summed E-state index contributed by atoms with van der Waals surface area (Å²) >= 11 is 1.68. The zero-order valence-corrected chi connectivity index (χ0v) is 14.2. The molecule has 0 aliphatic rings. The number of aryl methyl sites for hydroxylation is 1. The highest BCUT2D eigenvalue weighted by Gasteiger charge is 2.15. The molecule has 2 aromatic rings. The number of hydrogen-bond donors (Lipinski definition) is 2. The van der Waals surface area contributed by atoms with E-state index in [2.05, 4.69) is 46.4 Å². The summed E-state index contributed by atoms with van der Waals surface area (Å²) < 4.78 is 1.93. The first-order chi connectivity index (χ1) is 10.6. The number of nitrogens with zero attached hydrogens (tertiary/aromatic N) is 2. The molecule has 0 spiro atoms. The number of hydrogen-bond acceptors (Lipinski definition) is 4. The third-order valence-corrected chi connectivity index (χ3v) is 4.50. The van der Waals surface area contributed by atoms with E-state index in [0.29, 0.717) is 13.1 Å². The molecule has 2 heterocycles. The monoisotopic (exact) mass is 320 g/mol. The molecule has 0 fully saturated rings. The van der Waals surface area contributed by atoms with E-state index in [9.17, 15) is 4.79 Å². The van der Waals surface area contributed by atoms with E-state index in [1.165, 1.54) is 5.56 Å². The van der Waals surface area contributed by atoms with E-state index in [1.807, 2.05) is 24.0 Å². The molecule has 0 radical (unpaired) electrons. The van der Waals surface area contributed by atoms with Gasteiger partial charge < -0.3 is 10.6 Å². The molecule has 2 atom stereocenters. The zero-order chi connectivity index (χ0) is 15.9. The van der Waals surface area contributed by atoms with Crippen LogP contribution in [0.15, 0.2) is 29.2 Å². The second kappa shape index (κ2) is 8.10. The lowest BCUT2D eigenvalue weighted by Gasteiger charge is -2.21. The van der Waals surface area contributed by atoms with Gasteiger partial charge >= 0.3 is 0 Å². The Labute approximate surface area is 135 Å². The standard InChI is InChI=1S/C16H24N4OS/c1-12-8-19-20(10-12)14(3)13(2)18-9-16(21)17-6-4-15-5-7-22-11-15/h5,7-8,10-11,13-14,18H,4,6,9H2,1-3H3,(H,17,21). The maximum absolute atomic E-state index is 11.8. The topological polar surface area (TPSA) is 59.0 Å². The van der Waals surface area contributed by atoms with Crippen molar-refractivity contribution < 1.29 is 4.79 Å². The van der Waals surface area contributed by atoms with Gasteiger partial charge in [-0.15, -0.1) is 0 Å². The van der Waals surface area contributed by atoms with Gasteiger partial charge in [-0.05, 0) is 55.1 Å². The van der Waals surface area contributed by atoms with Crippen LogP contribution < -0.4 is 10.6 Å². The molecule has 5 nitrogen and oxygen atoms in total. The van der Waals surface area contributed by atoms with Crippen LogP contribution in [0.4, 0.5) is 0 Å². The number of thiophene rings is 1. The second-order valence-corrected chi connectivity index (χ2v) is 6.42. The summed E-state index contributed by atoms with van der Waals surface area (Å²) in [5.41, 5.74) is 2.42. The quantitative estimate of drug-likeness (QED) is 0.783. The average molecular weight is 320 g/mol. The number of aromatic nitrogens is 2.